The number of hydrogen-bond donors (Lipinski definition) is 2. The van der Waals surface area contributed by atoms with Gasteiger partial charge < -0.3 is 10.1 Å². The molecule has 2 N–H and O–H groups in total. The highest BCUT2D eigenvalue weighted by Gasteiger charge is 2.23. The zero-order valence-corrected chi connectivity index (χ0v) is 13.7. The van der Waals surface area contributed by atoms with E-state index in [9.17, 15) is 5.11 Å². The van der Waals surface area contributed by atoms with Crippen LogP contribution >= 0.6 is 11.8 Å². The van der Waals surface area contributed by atoms with E-state index in [4.69, 9.17) is 0 Å². The first kappa shape index (κ1) is 15.1. The van der Waals surface area contributed by atoms with Gasteiger partial charge in [-0.05, 0) is 30.4 Å². The van der Waals surface area contributed by atoms with Gasteiger partial charge in [0.2, 0.25) is 0 Å². The van der Waals surface area contributed by atoms with Crippen LogP contribution in [-0.2, 0) is 0 Å². The molecular weight excluding hydrogens is 294 g/mol. The lowest BCUT2D eigenvalue weighted by Gasteiger charge is -2.14. The zero-order chi connectivity index (χ0) is 15.7. The topological polar surface area (TPSA) is 61.8 Å². The molecular formula is C17H19N3OS. The molecule has 0 bridgehead atoms. The number of pyridine rings is 2. The Morgan fingerprint density at radius 2 is 2.00 bits per heavy atom. The van der Waals surface area contributed by atoms with Gasteiger partial charge in [0, 0.05) is 29.2 Å². The standard InChI is InChI=1S/C17H19N3OS/c1-10(2)15-14(16-12(20-15)5-4-8-18-16)17(21)11-6-7-13(22-3)19-9-11/h4-10,17,20-21H,1-3H3. The van der Waals surface area contributed by atoms with E-state index in [1.807, 2.05) is 30.5 Å². The summed E-state index contributed by atoms with van der Waals surface area (Å²) in [7, 11) is 0. The van der Waals surface area contributed by atoms with Crippen LogP contribution in [0.4, 0.5) is 0 Å². The fourth-order valence-electron chi connectivity index (χ4n) is 2.63. The molecule has 114 valence electrons. The summed E-state index contributed by atoms with van der Waals surface area (Å²) in [4.78, 5) is 12.2. The molecule has 0 fully saturated rings. The van der Waals surface area contributed by atoms with E-state index in [0.29, 0.717) is 0 Å². The summed E-state index contributed by atoms with van der Waals surface area (Å²) in [6, 6.07) is 7.74. The number of aromatic nitrogens is 3. The molecule has 22 heavy (non-hydrogen) atoms. The highest BCUT2D eigenvalue weighted by molar-refractivity contribution is 7.98. The van der Waals surface area contributed by atoms with Crippen LogP contribution < -0.4 is 0 Å². The van der Waals surface area contributed by atoms with Gasteiger partial charge in [-0.1, -0.05) is 19.9 Å². The van der Waals surface area contributed by atoms with Gasteiger partial charge in [-0.2, -0.15) is 0 Å². The Bertz CT molecular complexity index is 780. The maximum Gasteiger partial charge on any atom is 0.109 e. The SMILES string of the molecule is CSc1ccc(C(O)c2c(C(C)C)[nH]c3cccnc23)cn1. The van der Waals surface area contributed by atoms with Gasteiger partial charge in [-0.15, -0.1) is 11.8 Å². The Balaban J connectivity index is 2.12. The second-order valence-electron chi connectivity index (χ2n) is 5.54. The number of H-pyrrole nitrogens is 1. The molecule has 0 amide bonds. The van der Waals surface area contributed by atoms with Crippen LogP contribution in [0, 0.1) is 0 Å². The van der Waals surface area contributed by atoms with Crippen molar-refractivity contribution in [2.45, 2.75) is 30.9 Å². The molecule has 3 heterocycles. The summed E-state index contributed by atoms with van der Waals surface area (Å²) < 4.78 is 0. The molecule has 5 heteroatoms. The Labute approximate surface area is 134 Å². The molecule has 3 aromatic heterocycles. The van der Waals surface area contributed by atoms with Crippen molar-refractivity contribution in [2.75, 3.05) is 6.26 Å². The van der Waals surface area contributed by atoms with Crippen molar-refractivity contribution in [1.29, 1.82) is 0 Å². The molecule has 3 aromatic rings. The van der Waals surface area contributed by atoms with E-state index in [1.54, 1.807) is 24.2 Å². The number of fused-ring (bicyclic) bond motifs is 1. The van der Waals surface area contributed by atoms with Crippen molar-refractivity contribution in [3.63, 3.8) is 0 Å². The first-order valence-electron chi connectivity index (χ1n) is 7.26. The molecule has 3 rings (SSSR count). The van der Waals surface area contributed by atoms with E-state index in [-0.39, 0.29) is 5.92 Å². The number of rotatable bonds is 4. The van der Waals surface area contributed by atoms with E-state index >= 15 is 0 Å². The summed E-state index contributed by atoms with van der Waals surface area (Å²) in [5.41, 5.74) is 4.44. The molecule has 0 saturated heterocycles. The van der Waals surface area contributed by atoms with Crippen LogP contribution in [0.25, 0.3) is 11.0 Å². The van der Waals surface area contributed by atoms with Gasteiger partial charge in [0.1, 0.15) is 6.10 Å². The van der Waals surface area contributed by atoms with Crippen LogP contribution in [0.1, 0.15) is 42.7 Å². The smallest absolute Gasteiger partial charge is 0.109 e. The highest BCUT2D eigenvalue weighted by Crippen LogP contribution is 2.34. The van der Waals surface area contributed by atoms with Crippen molar-refractivity contribution in [1.82, 2.24) is 15.0 Å². The molecule has 0 spiro atoms. The summed E-state index contributed by atoms with van der Waals surface area (Å²) >= 11 is 1.59. The van der Waals surface area contributed by atoms with Crippen LogP contribution in [0.5, 0.6) is 0 Å². The first-order chi connectivity index (χ1) is 10.6. The lowest BCUT2D eigenvalue weighted by atomic mass is 9.97. The Morgan fingerprint density at radius 1 is 1.18 bits per heavy atom. The summed E-state index contributed by atoms with van der Waals surface area (Å²) in [5.74, 6) is 0.275. The minimum atomic E-state index is -0.732. The molecule has 0 aliphatic carbocycles. The van der Waals surface area contributed by atoms with E-state index < -0.39 is 6.10 Å². The molecule has 0 radical (unpaired) electrons. The number of thioether (sulfide) groups is 1. The second kappa shape index (κ2) is 6.10. The molecule has 4 nitrogen and oxygen atoms in total. The van der Waals surface area contributed by atoms with Gasteiger partial charge in [-0.3, -0.25) is 4.98 Å². The lowest BCUT2D eigenvalue weighted by molar-refractivity contribution is 0.219. The predicted molar refractivity (Wildman–Crippen MR) is 90.3 cm³/mol. The van der Waals surface area contributed by atoms with E-state index in [1.165, 1.54) is 0 Å². The van der Waals surface area contributed by atoms with E-state index in [0.717, 1.165) is 32.9 Å². The molecule has 0 saturated carbocycles. The van der Waals surface area contributed by atoms with Gasteiger partial charge in [-0.25, -0.2) is 4.98 Å². The van der Waals surface area contributed by atoms with Crippen molar-refractivity contribution in [3.05, 3.63) is 53.5 Å². The van der Waals surface area contributed by atoms with Gasteiger partial charge in [0.05, 0.1) is 16.1 Å². The Hall–Kier alpha value is -1.85. The quantitative estimate of drug-likeness (QED) is 0.717. The van der Waals surface area contributed by atoms with Gasteiger partial charge in [0.25, 0.3) is 0 Å². The number of aromatic amines is 1. The molecule has 0 aromatic carbocycles. The maximum atomic E-state index is 10.9. The third kappa shape index (κ3) is 2.62. The number of hydrogen-bond acceptors (Lipinski definition) is 4. The molecule has 0 aliphatic rings. The Morgan fingerprint density at radius 3 is 2.64 bits per heavy atom. The summed E-state index contributed by atoms with van der Waals surface area (Å²) in [5, 5.41) is 11.8. The molecule has 1 atom stereocenters. The van der Waals surface area contributed by atoms with Crippen LogP contribution in [0.2, 0.25) is 0 Å². The second-order valence-corrected chi connectivity index (χ2v) is 6.37. The minimum absolute atomic E-state index is 0.275. The van der Waals surface area contributed by atoms with E-state index in [2.05, 4.69) is 28.8 Å². The Kier molecular flexibility index (Phi) is 4.18. The van der Waals surface area contributed by atoms with Gasteiger partial charge >= 0.3 is 0 Å². The summed E-state index contributed by atoms with van der Waals surface area (Å²) in [6.07, 6.45) is 4.75. The fourth-order valence-corrected chi connectivity index (χ4v) is 3.00. The predicted octanol–water partition coefficient (Wildman–Crippen LogP) is 3.88. The zero-order valence-electron chi connectivity index (χ0n) is 12.9. The number of nitrogens with one attached hydrogen (secondary N) is 1. The van der Waals surface area contributed by atoms with Crippen molar-refractivity contribution in [3.8, 4) is 0 Å². The fraction of sp³-hybridized carbons (Fsp3) is 0.294. The van der Waals surface area contributed by atoms with Crippen molar-refractivity contribution in [2.24, 2.45) is 0 Å². The lowest BCUT2D eigenvalue weighted by Crippen LogP contribution is -2.05. The van der Waals surface area contributed by atoms with Crippen LogP contribution in [0.15, 0.2) is 41.7 Å². The van der Waals surface area contributed by atoms with Gasteiger partial charge in [0.15, 0.2) is 0 Å². The van der Waals surface area contributed by atoms with Crippen molar-refractivity contribution >= 4 is 22.8 Å². The van der Waals surface area contributed by atoms with Crippen molar-refractivity contribution < 1.29 is 5.11 Å². The number of aliphatic hydroxyl groups excluding tert-OH is 1. The molecule has 0 aliphatic heterocycles. The maximum absolute atomic E-state index is 10.9. The number of aliphatic hydroxyl groups is 1. The average Bonchev–Trinajstić information content (AvgIpc) is 2.94. The first-order valence-corrected chi connectivity index (χ1v) is 8.48. The normalized spacial score (nSPS) is 13.0. The third-order valence-electron chi connectivity index (χ3n) is 3.76. The minimum Gasteiger partial charge on any atom is -0.383 e. The summed E-state index contributed by atoms with van der Waals surface area (Å²) in [6.45, 7) is 4.21. The monoisotopic (exact) mass is 313 g/mol. The number of nitrogens with zero attached hydrogens (tertiary/aromatic N) is 2. The van der Waals surface area contributed by atoms with Crippen LogP contribution in [0.3, 0.4) is 0 Å². The van der Waals surface area contributed by atoms with Crippen LogP contribution in [-0.4, -0.2) is 26.3 Å². The average molecular weight is 313 g/mol. The highest BCUT2D eigenvalue weighted by atomic mass is 32.2. The third-order valence-corrected chi connectivity index (χ3v) is 4.42. The largest absolute Gasteiger partial charge is 0.383 e. The molecule has 1 unspecified atom stereocenters.